The lowest BCUT2D eigenvalue weighted by Crippen LogP contribution is -2.16. The predicted molar refractivity (Wildman–Crippen MR) is 311 cm³/mol. The van der Waals surface area contributed by atoms with E-state index in [1.807, 2.05) is 84.9 Å². The Kier molecular flexibility index (Phi) is 22.7. The summed E-state index contributed by atoms with van der Waals surface area (Å²) in [6.45, 7) is 1.08. The van der Waals surface area contributed by atoms with Crippen LogP contribution in [0.2, 0.25) is 0 Å². The molecule has 0 atom stereocenters. The van der Waals surface area contributed by atoms with Gasteiger partial charge in [-0.25, -0.2) is 33.9 Å². The summed E-state index contributed by atoms with van der Waals surface area (Å²) in [6, 6.07) is 56.5. The summed E-state index contributed by atoms with van der Waals surface area (Å²) in [6.07, 6.45) is 0. The smallest absolute Gasteiger partial charge is 0.340 e. The number of amides is 1. The number of benzene rings is 8. The first-order chi connectivity index (χ1) is 39.4. The summed E-state index contributed by atoms with van der Waals surface area (Å²) < 4.78 is 13.9. The van der Waals surface area contributed by atoms with Crippen LogP contribution < -0.4 is 22.5 Å². The number of nitrogens with two attached hydrogens (primary N) is 3. The molecule has 10 aromatic rings. The number of imidazole rings is 2. The monoisotopic (exact) mass is 1110 g/mol. The lowest BCUT2D eigenvalue weighted by Gasteiger charge is -2.12. The van der Waals surface area contributed by atoms with Gasteiger partial charge in [-0.15, -0.1) is 0 Å². The third-order valence-corrected chi connectivity index (χ3v) is 11.1. The number of aliphatic carboxylic acids is 1. The molecule has 0 aliphatic carbocycles. The van der Waals surface area contributed by atoms with Crippen LogP contribution in [-0.4, -0.2) is 98.3 Å². The van der Waals surface area contributed by atoms with Gasteiger partial charge in [0.15, 0.2) is 0 Å². The Morgan fingerprint density at radius 2 is 0.793 bits per heavy atom. The van der Waals surface area contributed by atoms with Crippen molar-refractivity contribution < 1.29 is 63.1 Å². The molecule has 21 nitrogen and oxygen atoms in total. The first kappa shape index (κ1) is 61.2. The van der Waals surface area contributed by atoms with Gasteiger partial charge in [-0.1, -0.05) is 121 Å². The van der Waals surface area contributed by atoms with Crippen molar-refractivity contribution in [1.29, 1.82) is 0 Å². The van der Waals surface area contributed by atoms with Crippen LogP contribution in [0, 0.1) is 0 Å². The first-order valence-corrected chi connectivity index (χ1v) is 24.3. The fraction of sp³-hybridized carbons (Fsp3) is 0.0656. The number of carbonyl (C=O) groups is 7. The standard InChI is InChI=1S/C15H14N2O3.C15H12N2O2.C14H10N2O2.C8H10N2O2.C7H6O2.C2H4O2/c1-20-15(19)11-8-5-9-12(16)13(11)17-14(18)10-6-3-2-4-7-10;1-19-15(18)11-8-5-9-12-13(11)17-14(16-12)10-6-3-2-4-7-10;17-14(18)10-7-4-8-11-12(10)16-13(15-11)9-5-2-1-3-6-9;1-12-8(11)5-3-2-4-6(9)7(5)10;8-7(9)6-4-2-1-3-5-6;1-2(3)4/h2-9H,16H2,1H3,(H,17,18);2-9H,1H3,(H,16,17);1-8H,(H,15,16)(H,17,18);2-4H,9-10H2,1H3;1-5H,(H,8,9);1H3,(H,3,4). The van der Waals surface area contributed by atoms with Crippen LogP contribution in [0.15, 0.2) is 194 Å². The van der Waals surface area contributed by atoms with E-state index in [1.165, 1.54) is 21.3 Å². The summed E-state index contributed by atoms with van der Waals surface area (Å²) in [5.74, 6) is -3.00. The van der Waals surface area contributed by atoms with E-state index < -0.39 is 29.8 Å². The number of anilines is 4. The van der Waals surface area contributed by atoms with Crippen LogP contribution in [0.25, 0.3) is 44.8 Å². The summed E-state index contributed by atoms with van der Waals surface area (Å²) in [7, 11) is 3.94. The molecular formula is C61H56N8O13. The normalized spacial score (nSPS) is 9.85. The van der Waals surface area contributed by atoms with Crippen LogP contribution in [-0.2, 0) is 19.0 Å². The quantitative estimate of drug-likeness (QED) is 0.0368. The SMILES string of the molecule is CC(=O)O.COC(=O)c1cccc(N)c1N.COC(=O)c1cccc(N)c1NC(=O)c1ccccc1.COC(=O)c1cccc2[nH]c(-c3ccccc3)nc12.O=C(O)c1cccc2[nH]c(-c3ccccc3)nc12.O=C(O)c1ccccc1. The van der Waals surface area contributed by atoms with E-state index >= 15 is 0 Å². The van der Waals surface area contributed by atoms with Crippen molar-refractivity contribution in [2.75, 3.05) is 43.8 Å². The summed E-state index contributed by atoms with van der Waals surface area (Å²) in [4.78, 5) is 92.0. The van der Waals surface area contributed by atoms with Crippen molar-refractivity contribution in [2.45, 2.75) is 6.92 Å². The molecule has 0 saturated heterocycles. The number of para-hydroxylation sites is 4. The summed E-state index contributed by atoms with van der Waals surface area (Å²) in [5.41, 5.74) is 24.7. The number of fused-ring (bicyclic) bond motifs is 2. The lowest BCUT2D eigenvalue weighted by molar-refractivity contribution is -0.134. The van der Waals surface area contributed by atoms with E-state index in [2.05, 4.69) is 34.7 Å². The number of carbonyl (C=O) groups excluding carboxylic acids is 4. The highest BCUT2D eigenvalue weighted by Gasteiger charge is 2.18. The molecule has 2 aromatic heterocycles. The number of ether oxygens (including phenoxy) is 3. The number of rotatable bonds is 9. The minimum atomic E-state index is -0.966. The molecule has 0 aliphatic rings. The van der Waals surface area contributed by atoms with Crippen LogP contribution in [0.3, 0.4) is 0 Å². The molecular weight excluding hydrogens is 1050 g/mol. The Morgan fingerprint density at radius 3 is 1.23 bits per heavy atom. The third-order valence-electron chi connectivity index (χ3n) is 11.1. The van der Waals surface area contributed by atoms with Gasteiger partial charge in [0, 0.05) is 23.6 Å². The molecule has 8 aromatic carbocycles. The number of carboxylic acid groups (broad SMARTS) is 3. The fourth-order valence-electron chi connectivity index (χ4n) is 7.19. The van der Waals surface area contributed by atoms with Crippen molar-refractivity contribution in [3.8, 4) is 22.8 Å². The van der Waals surface area contributed by atoms with E-state index in [0.29, 0.717) is 50.5 Å². The zero-order valence-corrected chi connectivity index (χ0v) is 44.5. The zero-order valence-electron chi connectivity index (χ0n) is 44.5. The number of nitrogen functional groups attached to an aromatic ring is 3. The highest BCUT2D eigenvalue weighted by Crippen LogP contribution is 2.27. The van der Waals surface area contributed by atoms with Gasteiger partial charge in [0.25, 0.3) is 11.9 Å². The van der Waals surface area contributed by atoms with Gasteiger partial charge in [-0.2, -0.15) is 0 Å². The zero-order chi connectivity index (χ0) is 59.7. The minimum Gasteiger partial charge on any atom is -0.481 e. The molecule has 0 fully saturated rings. The van der Waals surface area contributed by atoms with Crippen molar-refractivity contribution in [2.24, 2.45) is 0 Å². The number of aromatic carboxylic acids is 2. The first-order valence-electron chi connectivity index (χ1n) is 24.3. The van der Waals surface area contributed by atoms with Crippen molar-refractivity contribution >= 4 is 86.5 Å². The molecule has 0 aliphatic heterocycles. The highest BCUT2D eigenvalue weighted by molar-refractivity contribution is 6.10. The highest BCUT2D eigenvalue weighted by atomic mass is 16.5. The molecule has 10 rings (SSSR count). The summed E-state index contributed by atoms with van der Waals surface area (Å²) >= 11 is 0. The molecule has 82 heavy (non-hydrogen) atoms. The molecule has 1 amide bonds. The number of hydrogen-bond donors (Lipinski definition) is 9. The van der Waals surface area contributed by atoms with Crippen molar-refractivity contribution in [1.82, 2.24) is 19.9 Å². The van der Waals surface area contributed by atoms with Gasteiger partial charge in [-0.05, 0) is 72.8 Å². The number of aromatic amines is 2. The number of nitrogens with one attached hydrogen (secondary N) is 3. The Hall–Kier alpha value is -11.6. The van der Waals surface area contributed by atoms with E-state index in [0.717, 1.165) is 34.9 Å². The maximum Gasteiger partial charge on any atom is 0.340 e. The molecule has 0 bridgehead atoms. The molecule has 2 heterocycles. The van der Waals surface area contributed by atoms with Crippen LogP contribution >= 0.6 is 0 Å². The Morgan fingerprint density at radius 1 is 0.427 bits per heavy atom. The third kappa shape index (κ3) is 17.2. The molecule has 12 N–H and O–H groups in total. The Balaban J connectivity index is 0.000000189. The fourth-order valence-corrected chi connectivity index (χ4v) is 7.19. The lowest BCUT2D eigenvalue weighted by atomic mass is 10.1. The number of aromatic nitrogens is 4. The molecule has 0 unspecified atom stereocenters. The van der Waals surface area contributed by atoms with Crippen LogP contribution in [0.5, 0.6) is 0 Å². The number of carboxylic acids is 3. The topological polar surface area (TPSA) is 355 Å². The van der Waals surface area contributed by atoms with E-state index in [1.54, 1.807) is 109 Å². The molecule has 21 heteroatoms. The van der Waals surface area contributed by atoms with Gasteiger partial charge in [-0.3, -0.25) is 9.59 Å². The number of nitrogens with zero attached hydrogens (tertiary/aromatic N) is 2. The van der Waals surface area contributed by atoms with Gasteiger partial charge >= 0.3 is 29.8 Å². The summed E-state index contributed by atoms with van der Waals surface area (Å²) in [5, 5.41) is 27.6. The Bertz CT molecular complexity index is 3800. The van der Waals surface area contributed by atoms with Crippen molar-refractivity contribution in [3.05, 3.63) is 228 Å². The van der Waals surface area contributed by atoms with E-state index in [9.17, 15) is 28.8 Å². The number of esters is 3. The second-order valence-corrected chi connectivity index (χ2v) is 16.7. The van der Waals surface area contributed by atoms with Crippen molar-refractivity contribution in [3.63, 3.8) is 0 Å². The number of H-pyrrole nitrogens is 2. The van der Waals surface area contributed by atoms with Crippen LogP contribution in [0.4, 0.5) is 22.7 Å². The van der Waals surface area contributed by atoms with Crippen LogP contribution in [0.1, 0.15) is 69.1 Å². The molecule has 418 valence electrons. The number of hydrogen-bond acceptors (Lipinski definition) is 15. The average molecular weight is 1110 g/mol. The largest absolute Gasteiger partial charge is 0.481 e. The minimum absolute atomic E-state index is 0.214. The maximum atomic E-state index is 12.1. The average Bonchev–Trinajstić information content (AvgIpc) is 4.20. The predicted octanol–water partition coefficient (Wildman–Crippen LogP) is 10.4. The van der Waals surface area contributed by atoms with Gasteiger partial charge in [0.1, 0.15) is 22.7 Å². The molecule has 0 radical (unpaired) electrons. The number of methoxy groups -OCH3 is 3. The Labute approximate surface area is 469 Å². The second kappa shape index (κ2) is 30.4. The molecule has 0 saturated carbocycles. The molecule has 0 spiro atoms. The van der Waals surface area contributed by atoms with Gasteiger partial charge in [0.2, 0.25) is 0 Å². The van der Waals surface area contributed by atoms with E-state index in [-0.39, 0.29) is 34.4 Å². The second-order valence-electron chi connectivity index (χ2n) is 16.7. The van der Waals surface area contributed by atoms with Gasteiger partial charge in [0.05, 0.1) is 82.9 Å². The van der Waals surface area contributed by atoms with E-state index in [4.69, 9.17) is 42.1 Å². The van der Waals surface area contributed by atoms with Gasteiger partial charge < -0.3 is 62.0 Å². The maximum absolute atomic E-state index is 12.1.